The van der Waals surface area contributed by atoms with Crippen molar-refractivity contribution in [2.75, 3.05) is 19.6 Å². The molecule has 2 atom stereocenters. The van der Waals surface area contributed by atoms with Crippen LogP contribution in [-0.2, 0) is 13.0 Å². The third kappa shape index (κ3) is 4.93. The summed E-state index contributed by atoms with van der Waals surface area (Å²) in [6.45, 7) is 10.6. The van der Waals surface area contributed by atoms with Gasteiger partial charge >= 0.3 is 6.03 Å². The second-order valence-corrected chi connectivity index (χ2v) is 8.01. The smallest absolute Gasteiger partial charge is 0.314 e. The molecule has 2 heterocycles. The van der Waals surface area contributed by atoms with Crippen LogP contribution >= 0.6 is 11.3 Å². The van der Waals surface area contributed by atoms with Crippen molar-refractivity contribution in [3.8, 4) is 0 Å². The van der Waals surface area contributed by atoms with Crippen molar-refractivity contribution in [1.82, 2.24) is 15.5 Å². The van der Waals surface area contributed by atoms with Gasteiger partial charge in [-0.3, -0.25) is 4.90 Å². The van der Waals surface area contributed by atoms with Gasteiger partial charge in [0.15, 0.2) is 0 Å². The van der Waals surface area contributed by atoms with Crippen LogP contribution in [0, 0.1) is 5.92 Å². The summed E-state index contributed by atoms with van der Waals surface area (Å²) in [4.78, 5) is 15.8. The number of aliphatic hydroxyl groups is 1. The van der Waals surface area contributed by atoms with E-state index < -0.39 is 5.60 Å². The third-order valence-electron chi connectivity index (χ3n) is 4.87. The summed E-state index contributed by atoms with van der Waals surface area (Å²) in [6.07, 6.45) is 1.10. The molecule has 1 aliphatic rings. The topological polar surface area (TPSA) is 64.6 Å². The number of hydrogen-bond donors (Lipinski definition) is 3. The van der Waals surface area contributed by atoms with E-state index in [9.17, 15) is 9.90 Å². The van der Waals surface area contributed by atoms with E-state index in [0.717, 1.165) is 19.5 Å². The summed E-state index contributed by atoms with van der Waals surface area (Å²) in [7, 11) is 0. The van der Waals surface area contributed by atoms with Gasteiger partial charge in [-0.1, -0.05) is 13.8 Å². The fourth-order valence-corrected chi connectivity index (χ4v) is 3.43. The Kier molecular flexibility index (Phi) is 6.06. The highest BCUT2D eigenvalue weighted by atomic mass is 32.1. The highest BCUT2D eigenvalue weighted by molar-refractivity contribution is 7.10. The zero-order chi connectivity index (χ0) is 17.0. The van der Waals surface area contributed by atoms with Gasteiger partial charge in [0.05, 0.1) is 5.60 Å². The second-order valence-electron chi connectivity index (χ2n) is 7.01. The summed E-state index contributed by atoms with van der Waals surface area (Å²) in [5, 5.41) is 18.0. The lowest BCUT2D eigenvalue weighted by molar-refractivity contribution is 0.0165. The summed E-state index contributed by atoms with van der Waals surface area (Å²) in [5.41, 5.74) is 0.538. The van der Waals surface area contributed by atoms with Gasteiger partial charge in [0, 0.05) is 37.1 Å². The second kappa shape index (κ2) is 7.64. The standard InChI is InChI=1S/C17H29N3O2S/c1-12(2)17(4,22)11-19-16(21)18-9-13(3)20-7-5-15-14(10-20)6-8-23-15/h6,8,12-13,22H,5,7,9-11H2,1-4H3,(H2,18,19,21). The average Bonchev–Trinajstić information content (AvgIpc) is 2.97. The monoisotopic (exact) mass is 339 g/mol. The molecule has 3 N–H and O–H groups in total. The Bertz CT molecular complexity index is 528. The molecule has 2 unspecified atom stereocenters. The van der Waals surface area contributed by atoms with Crippen LogP contribution in [-0.4, -0.2) is 47.3 Å². The predicted octanol–water partition coefficient (Wildman–Crippen LogP) is 2.20. The fraction of sp³-hybridized carbons (Fsp3) is 0.706. The maximum Gasteiger partial charge on any atom is 0.314 e. The molecule has 1 aromatic rings. The van der Waals surface area contributed by atoms with Crippen LogP contribution in [0.1, 0.15) is 38.1 Å². The molecule has 130 valence electrons. The molecule has 2 amide bonds. The Morgan fingerprint density at radius 3 is 2.87 bits per heavy atom. The number of hydrogen-bond acceptors (Lipinski definition) is 4. The van der Waals surface area contributed by atoms with Gasteiger partial charge in [-0.15, -0.1) is 11.3 Å². The van der Waals surface area contributed by atoms with E-state index >= 15 is 0 Å². The van der Waals surface area contributed by atoms with Gasteiger partial charge in [0.25, 0.3) is 0 Å². The SMILES string of the molecule is CC(CNC(=O)NCC(C)(O)C(C)C)N1CCc2sccc2C1. The zero-order valence-corrected chi connectivity index (χ0v) is 15.4. The largest absolute Gasteiger partial charge is 0.388 e. The quantitative estimate of drug-likeness (QED) is 0.744. The summed E-state index contributed by atoms with van der Waals surface area (Å²) < 4.78 is 0. The first kappa shape index (κ1) is 18.2. The molecular weight excluding hydrogens is 310 g/mol. The van der Waals surface area contributed by atoms with E-state index in [-0.39, 0.29) is 18.5 Å². The highest BCUT2D eigenvalue weighted by Crippen LogP contribution is 2.24. The number of carbonyl (C=O) groups excluding carboxylic acids is 1. The Labute approximate surface area is 143 Å². The molecule has 0 bridgehead atoms. The Balaban J connectivity index is 1.72. The molecule has 0 radical (unpaired) electrons. The minimum atomic E-state index is -0.884. The van der Waals surface area contributed by atoms with Gasteiger partial charge < -0.3 is 15.7 Å². The summed E-state index contributed by atoms with van der Waals surface area (Å²) in [6, 6.07) is 2.28. The van der Waals surface area contributed by atoms with E-state index in [1.807, 2.05) is 25.2 Å². The molecule has 2 rings (SSSR count). The van der Waals surface area contributed by atoms with Crippen molar-refractivity contribution in [3.05, 3.63) is 21.9 Å². The number of urea groups is 1. The molecule has 5 nitrogen and oxygen atoms in total. The van der Waals surface area contributed by atoms with Crippen molar-refractivity contribution in [2.45, 2.75) is 52.3 Å². The van der Waals surface area contributed by atoms with Crippen molar-refractivity contribution in [2.24, 2.45) is 5.92 Å². The molecule has 0 fully saturated rings. The van der Waals surface area contributed by atoms with Crippen LogP contribution in [0.15, 0.2) is 11.4 Å². The van der Waals surface area contributed by atoms with Crippen LogP contribution in [0.25, 0.3) is 0 Å². The molecule has 6 heteroatoms. The minimum absolute atomic E-state index is 0.0925. The van der Waals surface area contributed by atoms with Crippen LogP contribution in [0.5, 0.6) is 0 Å². The van der Waals surface area contributed by atoms with Crippen molar-refractivity contribution in [3.63, 3.8) is 0 Å². The molecule has 1 aliphatic heterocycles. The maximum atomic E-state index is 11.9. The average molecular weight is 340 g/mol. The molecular formula is C17H29N3O2S. The van der Waals surface area contributed by atoms with Gasteiger partial charge in [-0.25, -0.2) is 4.79 Å². The number of fused-ring (bicyclic) bond motifs is 1. The first-order valence-electron chi connectivity index (χ1n) is 8.33. The molecule has 0 aromatic carbocycles. The number of rotatable bonds is 6. The number of carbonyl (C=O) groups is 1. The minimum Gasteiger partial charge on any atom is -0.388 e. The van der Waals surface area contributed by atoms with E-state index in [2.05, 4.69) is 33.9 Å². The fourth-order valence-electron chi connectivity index (χ4n) is 2.54. The molecule has 0 spiro atoms. The van der Waals surface area contributed by atoms with Crippen molar-refractivity contribution < 1.29 is 9.90 Å². The molecule has 0 aliphatic carbocycles. The third-order valence-corrected chi connectivity index (χ3v) is 5.89. The van der Waals surface area contributed by atoms with Crippen LogP contribution in [0.3, 0.4) is 0 Å². The van der Waals surface area contributed by atoms with Crippen LogP contribution in [0.2, 0.25) is 0 Å². The first-order chi connectivity index (χ1) is 10.8. The number of thiophene rings is 1. The number of nitrogens with one attached hydrogen (secondary N) is 2. The van der Waals surface area contributed by atoms with Crippen molar-refractivity contribution in [1.29, 1.82) is 0 Å². The van der Waals surface area contributed by atoms with Gasteiger partial charge in [-0.2, -0.15) is 0 Å². The zero-order valence-electron chi connectivity index (χ0n) is 14.6. The van der Waals surface area contributed by atoms with Gasteiger partial charge in [-0.05, 0) is 43.2 Å². The van der Waals surface area contributed by atoms with E-state index in [4.69, 9.17) is 0 Å². The maximum absolute atomic E-state index is 11.9. The Hall–Kier alpha value is -1.11. The van der Waals surface area contributed by atoms with Gasteiger partial charge in [0.2, 0.25) is 0 Å². The molecule has 23 heavy (non-hydrogen) atoms. The van der Waals surface area contributed by atoms with Crippen LogP contribution < -0.4 is 10.6 Å². The predicted molar refractivity (Wildman–Crippen MR) is 94.8 cm³/mol. The highest BCUT2D eigenvalue weighted by Gasteiger charge is 2.26. The Morgan fingerprint density at radius 1 is 1.43 bits per heavy atom. The first-order valence-corrected chi connectivity index (χ1v) is 9.21. The normalized spacial score (nSPS) is 19.0. The van der Waals surface area contributed by atoms with E-state index in [1.165, 1.54) is 10.4 Å². The molecule has 0 saturated carbocycles. The lowest BCUT2D eigenvalue weighted by Gasteiger charge is -2.32. The summed E-state index contributed by atoms with van der Waals surface area (Å²) >= 11 is 1.84. The van der Waals surface area contributed by atoms with Crippen molar-refractivity contribution >= 4 is 17.4 Å². The van der Waals surface area contributed by atoms with E-state index in [0.29, 0.717) is 12.6 Å². The molecule has 0 saturated heterocycles. The molecule has 1 aromatic heterocycles. The Morgan fingerprint density at radius 2 is 2.17 bits per heavy atom. The van der Waals surface area contributed by atoms with E-state index in [1.54, 1.807) is 6.92 Å². The number of nitrogens with zero attached hydrogens (tertiary/aromatic N) is 1. The lowest BCUT2D eigenvalue weighted by Crippen LogP contribution is -2.50. The number of amides is 2. The van der Waals surface area contributed by atoms with Crippen LogP contribution in [0.4, 0.5) is 4.79 Å². The summed E-state index contributed by atoms with van der Waals surface area (Å²) in [5.74, 6) is 0.0925. The van der Waals surface area contributed by atoms with Gasteiger partial charge in [0.1, 0.15) is 0 Å². The lowest BCUT2D eigenvalue weighted by atomic mass is 9.93.